The molecule has 234 valence electrons. The van der Waals surface area contributed by atoms with Crippen molar-refractivity contribution in [3.8, 4) is 0 Å². The van der Waals surface area contributed by atoms with E-state index >= 15 is 0 Å². The van der Waals surface area contributed by atoms with Crippen LogP contribution in [0, 0.1) is 0 Å². The van der Waals surface area contributed by atoms with Crippen LogP contribution in [0.5, 0.6) is 0 Å². The van der Waals surface area contributed by atoms with Crippen molar-refractivity contribution >= 4 is 11.7 Å². The minimum atomic E-state index is -0.536. The van der Waals surface area contributed by atoms with Gasteiger partial charge in [-0.05, 0) is 34.4 Å². The van der Waals surface area contributed by atoms with Crippen molar-refractivity contribution in [2.45, 2.75) is 44.6 Å². The van der Waals surface area contributed by atoms with Gasteiger partial charge in [0.25, 0.3) is 0 Å². The number of amides is 2. The molecule has 2 aliphatic rings. The summed E-state index contributed by atoms with van der Waals surface area (Å²) in [5.41, 5.74) is 5.94. The van der Waals surface area contributed by atoms with E-state index in [2.05, 4.69) is 50.8 Å². The Hall–Kier alpha value is -4.05. The minimum Gasteiger partial charge on any atom is -0.392 e. The average Bonchev–Trinajstić information content (AvgIpc) is 3.09. The molecular formula is C37H42N4O4. The number of nitrogens with one attached hydrogen (secondary N) is 2. The smallest absolute Gasteiger partial charge is 0.319 e. The Morgan fingerprint density at radius 3 is 2.00 bits per heavy atom. The Balaban J connectivity index is 1.08. The Bertz CT molecular complexity index is 1480. The second-order valence-electron chi connectivity index (χ2n) is 11.8. The first kappa shape index (κ1) is 31.0. The van der Waals surface area contributed by atoms with Crippen molar-refractivity contribution in [3.05, 3.63) is 137 Å². The van der Waals surface area contributed by atoms with Crippen LogP contribution in [0.2, 0.25) is 0 Å². The monoisotopic (exact) mass is 606 g/mol. The molecule has 8 nitrogen and oxygen atoms in total. The van der Waals surface area contributed by atoms with Crippen molar-refractivity contribution in [1.29, 1.82) is 0 Å². The number of piperazine rings is 1. The van der Waals surface area contributed by atoms with Gasteiger partial charge in [0.2, 0.25) is 0 Å². The predicted octanol–water partition coefficient (Wildman–Crippen LogP) is 5.86. The number of carbonyl (C=O) groups excluding carboxylic acids is 1. The summed E-state index contributed by atoms with van der Waals surface area (Å²) in [4.78, 5) is 17.5. The Morgan fingerprint density at radius 1 is 0.711 bits per heavy atom. The molecule has 2 amide bonds. The molecular weight excluding hydrogens is 564 g/mol. The molecule has 3 N–H and O–H groups in total. The first-order chi connectivity index (χ1) is 22.1. The van der Waals surface area contributed by atoms with Crippen molar-refractivity contribution < 1.29 is 19.4 Å². The molecule has 3 unspecified atom stereocenters. The van der Waals surface area contributed by atoms with Gasteiger partial charge in [-0.1, -0.05) is 97.1 Å². The number of benzene rings is 4. The van der Waals surface area contributed by atoms with Crippen molar-refractivity contribution in [3.63, 3.8) is 0 Å². The van der Waals surface area contributed by atoms with Crippen LogP contribution in [-0.4, -0.2) is 59.8 Å². The standard InChI is InChI=1S/C37H42N4O4/c42-27-30-11-13-31(14-12-30)35-23-34(26-41-21-19-40(20-22-41)25-29-9-5-2-6-10-29)44-36(45-35)32-15-17-33(18-16-32)39-37(43)38-24-28-7-3-1-4-8-28/h1-18,34-36,42H,19-27H2,(H2,38,39,43). The van der Waals surface area contributed by atoms with Gasteiger partial charge in [0, 0.05) is 63.5 Å². The van der Waals surface area contributed by atoms with Gasteiger partial charge in [-0.2, -0.15) is 0 Å². The van der Waals surface area contributed by atoms with E-state index in [9.17, 15) is 9.90 Å². The molecule has 4 aromatic carbocycles. The van der Waals surface area contributed by atoms with Crippen molar-refractivity contribution in [1.82, 2.24) is 15.1 Å². The van der Waals surface area contributed by atoms with Crippen LogP contribution in [0.25, 0.3) is 0 Å². The number of aliphatic hydroxyl groups excluding tert-OH is 1. The highest BCUT2D eigenvalue weighted by molar-refractivity contribution is 5.89. The van der Waals surface area contributed by atoms with Gasteiger partial charge < -0.3 is 25.2 Å². The molecule has 0 spiro atoms. The fraction of sp³-hybridized carbons (Fsp3) is 0.324. The average molecular weight is 607 g/mol. The van der Waals surface area contributed by atoms with Gasteiger partial charge >= 0.3 is 6.03 Å². The van der Waals surface area contributed by atoms with Gasteiger partial charge in [-0.3, -0.25) is 9.80 Å². The first-order valence-corrected chi connectivity index (χ1v) is 15.8. The van der Waals surface area contributed by atoms with E-state index in [0.29, 0.717) is 12.2 Å². The third-order valence-corrected chi connectivity index (χ3v) is 8.53. The van der Waals surface area contributed by atoms with Gasteiger partial charge in [-0.15, -0.1) is 0 Å². The lowest BCUT2D eigenvalue weighted by Gasteiger charge is -2.40. The molecule has 2 fully saturated rings. The summed E-state index contributed by atoms with van der Waals surface area (Å²) in [6, 6.07) is 35.9. The summed E-state index contributed by atoms with van der Waals surface area (Å²) in [5, 5.41) is 15.3. The molecule has 3 atom stereocenters. The highest BCUT2D eigenvalue weighted by Gasteiger charge is 2.33. The summed E-state index contributed by atoms with van der Waals surface area (Å²) < 4.78 is 13.1. The number of nitrogens with zero attached hydrogens (tertiary/aromatic N) is 2. The zero-order chi connectivity index (χ0) is 30.8. The Morgan fingerprint density at radius 2 is 1.33 bits per heavy atom. The lowest BCUT2D eigenvalue weighted by Crippen LogP contribution is -2.49. The molecule has 2 aliphatic heterocycles. The van der Waals surface area contributed by atoms with E-state index in [-0.39, 0.29) is 24.8 Å². The quantitative estimate of drug-likeness (QED) is 0.210. The zero-order valence-corrected chi connectivity index (χ0v) is 25.6. The lowest BCUT2D eigenvalue weighted by molar-refractivity contribution is -0.253. The SMILES string of the molecule is O=C(NCc1ccccc1)Nc1ccc(C2OC(CN3CCN(Cc4ccccc4)CC3)CC(c3ccc(CO)cc3)O2)cc1. The van der Waals surface area contributed by atoms with Crippen molar-refractivity contribution in [2.24, 2.45) is 0 Å². The largest absolute Gasteiger partial charge is 0.392 e. The fourth-order valence-corrected chi connectivity index (χ4v) is 5.97. The van der Waals surface area contributed by atoms with Crippen LogP contribution in [0.4, 0.5) is 10.5 Å². The minimum absolute atomic E-state index is 0.00601. The highest BCUT2D eigenvalue weighted by Crippen LogP contribution is 2.38. The van der Waals surface area contributed by atoms with E-state index in [1.807, 2.05) is 78.9 Å². The van der Waals surface area contributed by atoms with Crippen LogP contribution in [0.15, 0.2) is 109 Å². The molecule has 0 aromatic heterocycles. The number of aliphatic hydroxyl groups is 1. The first-order valence-electron chi connectivity index (χ1n) is 15.8. The van der Waals surface area contributed by atoms with Crippen molar-refractivity contribution in [2.75, 3.05) is 38.0 Å². The number of hydrogen-bond acceptors (Lipinski definition) is 6. The number of ether oxygens (including phenoxy) is 2. The maximum absolute atomic E-state index is 12.5. The molecule has 2 heterocycles. The van der Waals surface area contributed by atoms with Crippen LogP contribution >= 0.6 is 0 Å². The topological polar surface area (TPSA) is 86.3 Å². The predicted molar refractivity (Wildman–Crippen MR) is 175 cm³/mol. The second-order valence-corrected chi connectivity index (χ2v) is 11.8. The zero-order valence-electron chi connectivity index (χ0n) is 25.6. The molecule has 45 heavy (non-hydrogen) atoms. The summed E-state index contributed by atoms with van der Waals surface area (Å²) in [7, 11) is 0. The molecule has 4 aromatic rings. The number of carbonyl (C=O) groups is 1. The Labute approximate surface area is 265 Å². The molecule has 2 saturated heterocycles. The van der Waals surface area contributed by atoms with E-state index in [4.69, 9.17) is 9.47 Å². The number of anilines is 1. The van der Waals surface area contributed by atoms with Gasteiger partial charge in [0.1, 0.15) is 0 Å². The Kier molecular flexibility index (Phi) is 10.5. The third-order valence-electron chi connectivity index (χ3n) is 8.53. The maximum Gasteiger partial charge on any atom is 0.319 e. The summed E-state index contributed by atoms with van der Waals surface area (Å²) in [5.74, 6) is 0. The van der Waals surface area contributed by atoms with E-state index in [1.165, 1.54) is 5.56 Å². The van der Waals surface area contributed by atoms with Gasteiger partial charge in [-0.25, -0.2) is 4.79 Å². The normalized spacial score (nSPS) is 20.9. The highest BCUT2D eigenvalue weighted by atomic mass is 16.7. The van der Waals surface area contributed by atoms with Crippen LogP contribution in [-0.2, 0) is 29.2 Å². The van der Waals surface area contributed by atoms with E-state index in [1.54, 1.807) is 0 Å². The van der Waals surface area contributed by atoms with Crippen LogP contribution < -0.4 is 10.6 Å². The molecule has 8 heteroatoms. The number of urea groups is 1. The lowest BCUT2D eigenvalue weighted by atomic mass is 9.99. The van der Waals surface area contributed by atoms with Crippen LogP contribution in [0.3, 0.4) is 0 Å². The van der Waals surface area contributed by atoms with Crippen LogP contribution in [0.1, 0.15) is 46.6 Å². The molecule has 0 bridgehead atoms. The summed E-state index contributed by atoms with van der Waals surface area (Å²) in [6.07, 6.45) is 0.0722. The summed E-state index contributed by atoms with van der Waals surface area (Å²) >= 11 is 0. The fourth-order valence-electron chi connectivity index (χ4n) is 5.97. The van der Waals surface area contributed by atoms with Gasteiger partial charge in [0.05, 0.1) is 18.8 Å². The summed E-state index contributed by atoms with van der Waals surface area (Å²) in [6.45, 7) is 6.35. The second kappa shape index (κ2) is 15.3. The number of hydrogen-bond donors (Lipinski definition) is 3. The number of rotatable bonds is 10. The third kappa shape index (κ3) is 8.78. The molecule has 0 radical (unpaired) electrons. The molecule has 6 rings (SSSR count). The van der Waals surface area contributed by atoms with E-state index < -0.39 is 6.29 Å². The van der Waals surface area contributed by atoms with Gasteiger partial charge in [0.15, 0.2) is 6.29 Å². The maximum atomic E-state index is 12.5. The molecule has 0 aliphatic carbocycles. The molecule has 0 saturated carbocycles. The van der Waals surface area contributed by atoms with E-state index in [0.717, 1.165) is 67.9 Å².